The Morgan fingerprint density at radius 1 is 1.31 bits per heavy atom. The maximum Gasteiger partial charge on any atom is 0.310 e. The van der Waals surface area contributed by atoms with Crippen LogP contribution >= 0.6 is 0 Å². The number of hydrogen-bond donors (Lipinski definition) is 0. The lowest BCUT2D eigenvalue weighted by Crippen LogP contribution is -2.26. The first-order valence-corrected chi connectivity index (χ1v) is 6.00. The van der Waals surface area contributed by atoms with E-state index in [2.05, 4.69) is 13.8 Å². The minimum absolute atomic E-state index is 0.00160. The highest BCUT2D eigenvalue weighted by Gasteiger charge is 2.62. The summed E-state index contributed by atoms with van der Waals surface area (Å²) >= 11 is 0. The van der Waals surface area contributed by atoms with Crippen LogP contribution in [0.1, 0.15) is 41.5 Å². The molecule has 1 saturated carbocycles. The molecule has 0 aromatic rings. The molecule has 0 spiro atoms. The molecule has 2 unspecified atom stereocenters. The minimum Gasteiger partial charge on any atom is -0.460 e. The van der Waals surface area contributed by atoms with Gasteiger partial charge in [-0.1, -0.05) is 13.8 Å². The van der Waals surface area contributed by atoms with E-state index in [1.54, 1.807) is 0 Å². The van der Waals surface area contributed by atoms with Crippen LogP contribution < -0.4 is 0 Å². The van der Waals surface area contributed by atoms with Crippen molar-refractivity contribution in [2.45, 2.75) is 47.1 Å². The molecule has 1 aliphatic rings. The molecule has 16 heavy (non-hydrogen) atoms. The van der Waals surface area contributed by atoms with Crippen LogP contribution in [0.3, 0.4) is 0 Å². The molecule has 2 atom stereocenters. The van der Waals surface area contributed by atoms with Crippen molar-refractivity contribution in [2.24, 2.45) is 17.3 Å². The smallest absolute Gasteiger partial charge is 0.310 e. The molecule has 3 heteroatoms. The molecule has 0 bridgehead atoms. The van der Waals surface area contributed by atoms with Gasteiger partial charge in [-0.3, -0.25) is 4.79 Å². The second-order valence-corrected chi connectivity index (χ2v) is 6.10. The second kappa shape index (κ2) is 4.36. The predicted octanol–water partition coefficient (Wildman–Crippen LogP) is 2.64. The van der Waals surface area contributed by atoms with Gasteiger partial charge in [0.1, 0.15) is 5.60 Å². The van der Waals surface area contributed by atoms with Crippen molar-refractivity contribution < 1.29 is 14.3 Å². The Morgan fingerprint density at radius 3 is 2.31 bits per heavy atom. The largest absolute Gasteiger partial charge is 0.460 e. The third-order valence-electron chi connectivity index (χ3n) is 3.21. The van der Waals surface area contributed by atoms with E-state index in [9.17, 15) is 4.79 Å². The number of hydrogen-bond acceptors (Lipinski definition) is 3. The molecule has 0 radical (unpaired) electrons. The highest BCUT2D eigenvalue weighted by atomic mass is 16.6. The van der Waals surface area contributed by atoms with Crippen molar-refractivity contribution in [1.82, 2.24) is 0 Å². The average Bonchev–Trinajstić information content (AvgIpc) is 2.61. The summed E-state index contributed by atoms with van der Waals surface area (Å²) in [6.07, 6.45) is 0. The van der Waals surface area contributed by atoms with Crippen LogP contribution in [0.4, 0.5) is 0 Å². The molecule has 1 fully saturated rings. The molecule has 0 aromatic heterocycles. The third kappa shape index (κ3) is 2.97. The van der Waals surface area contributed by atoms with E-state index in [4.69, 9.17) is 9.47 Å². The van der Waals surface area contributed by atoms with Gasteiger partial charge in [-0.2, -0.15) is 0 Å². The van der Waals surface area contributed by atoms with Gasteiger partial charge in [-0.05, 0) is 33.1 Å². The Bertz CT molecular complexity index is 263. The van der Waals surface area contributed by atoms with Crippen molar-refractivity contribution in [1.29, 1.82) is 0 Å². The summed E-state index contributed by atoms with van der Waals surface area (Å²) in [5, 5.41) is 0. The summed E-state index contributed by atoms with van der Waals surface area (Å²) in [6, 6.07) is 0. The van der Waals surface area contributed by atoms with E-state index in [0.29, 0.717) is 19.1 Å². The molecule has 1 rings (SSSR count). The van der Waals surface area contributed by atoms with Crippen LogP contribution in [0, 0.1) is 17.3 Å². The first-order chi connectivity index (χ1) is 7.20. The zero-order valence-electron chi connectivity index (χ0n) is 11.3. The summed E-state index contributed by atoms with van der Waals surface area (Å²) in [5.74, 6) is 0.225. The Kier molecular flexibility index (Phi) is 3.68. The van der Waals surface area contributed by atoms with E-state index in [-0.39, 0.29) is 17.3 Å². The van der Waals surface area contributed by atoms with E-state index in [1.165, 1.54) is 0 Å². The third-order valence-corrected chi connectivity index (χ3v) is 3.21. The van der Waals surface area contributed by atoms with Crippen molar-refractivity contribution in [2.75, 3.05) is 13.2 Å². The highest BCUT2D eigenvalue weighted by molar-refractivity contribution is 5.78. The van der Waals surface area contributed by atoms with Gasteiger partial charge < -0.3 is 9.47 Å². The maximum atomic E-state index is 11.9. The van der Waals surface area contributed by atoms with Crippen molar-refractivity contribution >= 4 is 5.97 Å². The standard InChI is InChI=1S/C13H24O3/c1-7-15-8-9-10(13(9,5)6)11(14)16-12(2,3)4/h9-10H,7-8H2,1-6H3. The number of carbonyl (C=O) groups excluding carboxylic acids is 1. The fraction of sp³-hybridized carbons (Fsp3) is 0.923. The summed E-state index contributed by atoms with van der Waals surface area (Å²) in [7, 11) is 0. The summed E-state index contributed by atoms with van der Waals surface area (Å²) in [5.41, 5.74) is -0.372. The number of ether oxygens (including phenoxy) is 2. The van der Waals surface area contributed by atoms with Gasteiger partial charge in [0.05, 0.1) is 12.5 Å². The molecule has 1 aliphatic carbocycles. The monoisotopic (exact) mass is 228 g/mol. The molecule has 0 saturated heterocycles. The van der Waals surface area contributed by atoms with E-state index in [1.807, 2.05) is 27.7 Å². The summed E-state index contributed by atoms with van der Waals surface area (Å²) in [4.78, 5) is 11.9. The normalized spacial score (nSPS) is 27.6. The molecular formula is C13H24O3. The lowest BCUT2D eigenvalue weighted by Gasteiger charge is -2.20. The molecule has 0 aromatic carbocycles. The van der Waals surface area contributed by atoms with Crippen molar-refractivity contribution in [3.05, 3.63) is 0 Å². The Balaban J connectivity index is 2.52. The zero-order valence-corrected chi connectivity index (χ0v) is 11.3. The van der Waals surface area contributed by atoms with Crippen LogP contribution in [0.15, 0.2) is 0 Å². The molecule has 94 valence electrons. The lowest BCUT2D eigenvalue weighted by atomic mass is 10.1. The molecule has 0 N–H and O–H groups in total. The first kappa shape index (κ1) is 13.5. The fourth-order valence-corrected chi connectivity index (χ4v) is 2.13. The number of esters is 1. The Hall–Kier alpha value is -0.570. The molecule has 0 aliphatic heterocycles. The van der Waals surface area contributed by atoms with E-state index >= 15 is 0 Å². The second-order valence-electron chi connectivity index (χ2n) is 6.10. The first-order valence-electron chi connectivity index (χ1n) is 6.00. The average molecular weight is 228 g/mol. The fourth-order valence-electron chi connectivity index (χ4n) is 2.13. The summed E-state index contributed by atoms with van der Waals surface area (Å²) < 4.78 is 10.8. The molecule has 0 heterocycles. The van der Waals surface area contributed by atoms with Gasteiger partial charge in [0.25, 0.3) is 0 Å². The maximum absolute atomic E-state index is 11.9. The van der Waals surface area contributed by atoms with Crippen LogP contribution in [0.5, 0.6) is 0 Å². The van der Waals surface area contributed by atoms with E-state index in [0.717, 1.165) is 0 Å². The Morgan fingerprint density at radius 2 is 1.88 bits per heavy atom. The van der Waals surface area contributed by atoms with Gasteiger partial charge >= 0.3 is 5.97 Å². The van der Waals surface area contributed by atoms with Crippen LogP contribution in [-0.4, -0.2) is 24.8 Å². The highest BCUT2D eigenvalue weighted by Crippen LogP contribution is 2.59. The van der Waals surface area contributed by atoms with Crippen LogP contribution in [0.25, 0.3) is 0 Å². The molecular weight excluding hydrogens is 204 g/mol. The predicted molar refractivity (Wildman–Crippen MR) is 63.1 cm³/mol. The van der Waals surface area contributed by atoms with Gasteiger partial charge in [0.15, 0.2) is 0 Å². The van der Waals surface area contributed by atoms with Crippen molar-refractivity contribution in [3.63, 3.8) is 0 Å². The summed E-state index contributed by atoms with van der Waals surface area (Å²) in [6.45, 7) is 13.2. The van der Waals surface area contributed by atoms with Crippen LogP contribution in [-0.2, 0) is 14.3 Å². The molecule has 0 amide bonds. The Labute approximate surface area is 98.5 Å². The minimum atomic E-state index is -0.397. The number of carbonyl (C=O) groups is 1. The number of rotatable bonds is 4. The van der Waals surface area contributed by atoms with E-state index < -0.39 is 5.60 Å². The van der Waals surface area contributed by atoms with Gasteiger partial charge in [-0.15, -0.1) is 0 Å². The lowest BCUT2D eigenvalue weighted by molar-refractivity contribution is -0.157. The van der Waals surface area contributed by atoms with Crippen molar-refractivity contribution in [3.8, 4) is 0 Å². The van der Waals surface area contributed by atoms with Gasteiger partial charge in [0.2, 0.25) is 0 Å². The SMILES string of the molecule is CCOCC1C(C(=O)OC(C)(C)C)C1(C)C. The zero-order chi connectivity index (χ0) is 12.6. The molecule has 3 nitrogen and oxygen atoms in total. The van der Waals surface area contributed by atoms with Gasteiger partial charge in [0, 0.05) is 12.5 Å². The quantitative estimate of drug-likeness (QED) is 0.694. The van der Waals surface area contributed by atoms with Gasteiger partial charge in [-0.25, -0.2) is 0 Å². The van der Waals surface area contributed by atoms with Crippen LogP contribution in [0.2, 0.25) is 0 Å². The topological polar surface area (TPSA) is 35.5 Å².